The van der Waals surface area contributed by atoms with Crippen molar-refractivity contribution in [3.63, 3.8) is 0 Å². The van der Waals surface area contributed by atoms with Gasteiger partial charge in [-0.25, -0.2) is 0 Å². The number of thiophene rings is 1. The molecule has 0 saturated carbocycles. The van der Waals surface area contributed by atoms with Crippen molar-refractivity contribution in [1.29, 1.82) is 0 Å². The van der Waals surface area contributed by atoms with Crippen LogP contribution in [-0.2, 0) is 6.42 Å². The third-order valence-electron chi connectivity index (χ3n) is 3.69. The summed E-state index contributed by atoms with van der Waals surface area (Å²) < 4.78 is 0. The van der Waals surface area contributed by atoms with Crippen LogP contribution in [0.4, 0.5) is 0 Å². The molecule has 0 aromatic carbocycles. The molecule has 1 saturated heterocycles. The molecule has 2 atom stereocenters. The molecule has 1 N–H and O–H groups in total. The summed E-state index contributed by atoms with van der Waals surface area (Å²) >= 11 is 1.80. The predicted octanol–water partition coefficient (Wildman–Crippen LogP) is 2.75. The first-order valence-corrected chi connectivity index (χ1v) is 7.72. The van der Waals surface area contributed by atoms with Gasteiger partial charge >= 0.3 is 0 Å². The Kier molecular flexibility index (Phi) is 5.01. The van der Waals surface area contributed by atoms with Crippen LogP contribution in [0.2, 0.25) is 0 Å². The summed E-state index contributed by atoms with van der Waals surface area (Å²) in [6.07, 6.45) is 3.79. The molecule has 0 amide bonds. The topological polar surface area (TPSA) is 15.3 Å². The van der Waals surface area contributed by atoms with Crippen molar-refractivity contribution < 1.29 is 0 Å². The smallest absolute Gasteiger partial charge is 0.0195 e. The van der Waals surface area contributed by atoms with Gasteiger partial charge in [-0.3, -0.25) is 4.90 Å². The summed E-state index contributed by atoms with van der Waals surface area (Å²) in [5.74, 6) is 0. The predicted molar refractivity (Wildman–Crippen MR) is 75.8 cm³/mol. The molecule has 0 spiro atoms. The summed E-state index contributed by atoms with van der Waals surface area (Å²) in [5.41, 5.74) is 1.49. The number of rotatable bonds is 5. The van der Waals surface area contributed by atoms with Crippen molar-refractivity contribution in [2.75, 3.05) is 19.6 Å². The lowest BCUT2D eigenvalue weighted by molar-refractivity contribution is 0.138. The average molecular weight is 252 g/mol. The first kappa shape index (κ1) is 13.1. The van der Waals surface area contributed by atoms with E-state index in [1.54, 1.807) is 11.3 Å². The third-order valence-corrected chi connectivity index (χ3v) is 4.42. The van der Waals surface area contributed by atoms with Gasteiger partial charge in [0.1, 0.15) is 0 Å². The maximum atomic E-state index is 3.65. The molecular weight excluding hydrogens is 228 g/mol. The largest absolute Gasteiger partial charge is 0.311 e. The highest BCUT2D eigenvalue weighted by atomic mass is 32.1. The van der Waals surface area contributed by atoms with Crippen LogP contribution in [0.3, 0.4) is 0 Å². The molecule has 96 valence electrons. The van der Waals surface area contributed by atoms with E-state index >= 15 is 0 Å². The van der Waals surface area contributed by atoms with Crippen LogP contribution in [0.15, 0.2) is 16.8 Å². The summed E-state index contributed by atoms with van der Waals surface area (Å²) in [4.78, 5) is 2.65. The highest BCUT2D eigenvalue weighted by Gasteiger charge is 2.23. The fraction of sp³-hybridized carbons (Fsp3) is 0.714. The molecule has 17 heavy (non-hydrogen) atoms. The molecule has 1 aliphatic rings. The Bertz CT molecular complexity index is 310. The Hall–Kier alpha value is -0.380. The lowest BCUT2D eigenvalue weighted by Gasteiger charge is -2.38. The van der Waals surface area contributed by atoms with Crippen molar-refractivity contribution in [3.8, 4) is 0 Å². The van der Waals surface area contributed by atoms with Crippen LogP contribution in [0.25, 0.3) is 0 Å². The van der Waals surface area contributed by atoms with Gasteiger partial charge in [-0.15, -0.1) is 0 Å². The Morgan fingerprint density at radius 1 is 1.53 bits per heavy atom. The van der Waals surface area contributed by atoms with Crippen LogP contribution >= 0.6 is 11.3 Å². The van der Waals surface area contributed by atoms with Gasteiger partial charge in [-0.2, -0.15) is 11.3 Å². The quantitative estimate of drug-likeness (QED) is 0.867. The van der Waals surface area contributed by atoms with Crippen molar-refractivity contribution >= 4 is 11.3 Å². The molecular formula is C14H24N2S. The molecule has 2 heterocycles. The van der Waals surface area contributed by atoms with Crippen LogP contribution < -0.4 is 5.32 Å². The number of piperazine rings is 1. The number of nitrogens with zero attached hydrogens (tertiary/aromatic N) is 1. The van der Waals surface area contributed by atoms with E-state index in [-0.39, 0.29) is 0 Å². The van der Waals surface area contributed by atoms with Gasteiger partial charge in [0.25, 0.3) is 0 Å². The van der Waals surface area contributed by atoms with Gasteiger partial charge in [0.05, 0.1) is 0 Å². The summed E-state index contributed by atoms with van der Waals surface area (Å²) in [6, 6.07) is 3.64. The molecule has 3 heteroatoms. The number of hydrogen-bond donors (Lipinski definition) is 1. The van der Waals surface area contributed by atoms with Gasteiger partial charge in [-0.05, 0) is 42.2 Å². The van der Waals surface area contributed by atoms with E-state index in [1.807, 2.05) is 0 Å². The summed E-state index contributed by atoms with van der Waals surface area (Å²) in [7, 11) is 0. The van der Waals surface area contributed by atoms with Crippen molar-refractivity contribution in [2.24, 2.45) is 0 Å². The lowest BCUT2D eigenvalue weighted by atomic mass is 10.1. The van der Waals surface area contributed by atoms with Gasteiger partial charge in [0, 0.05) is 31.7 Å². The van der Waals surface area contributed by atoms with Crippen LogP contribution in [-0.4, -0.2) is 36.6 Å². The first-order chi connectivity index (χ1) is 8.29. The minimum Gasteiger partial charge on any atom is -0.311 e. The fourth-order valence-electron chi connectivity index (χ4n) is 2.55. The molecule has 2 rings (SSSR count). The standard InChI is InChI=1S/C14H24N2S/c1-3-4-14-10-16(12(2)9-15-14)7-5-13-6-8-17-11-13/h6,8,11-12,14-15H,3-5,7,9-10H2,1-2H3. The molecule has 1 fully saturated rings. The maximum absolute atomic E-state index is 3.65. The van der Waals surface area contributed by atoms with Gasteiger partial charge in [0.15, 0.2) is 0 Å². The molecule has 2 nitrogen and oxygen atoms in total. The summed E-state index contributed by atoms with van der Waals surface area (Å²) in [5, 5.41) is 8.10. The minimum atomic E-state index is 0.682. The normalized spacial score (nSPS) is 26.2. The Morgan fingerprint density at radius 2 is 2.41 bits per heavy atom. The van der Waals surface area contributed by atoms with E-state index in [4.69, 9.17) is 0 Å². The number of nitrogens with one attached hydrogen (secondary N) is 1. The van der Waals surface area contributed by atoms with Crippen molar-refractivity contribution in [1.82, 2.24) is 10.2 Å². The Labute approximate surface area is 109 Å². The molecule has 1 aromatic rings. The van der Waals surface area contributed by atoms with E-state index in [1.165, 1.54) is 37.9 Å². The number of hydrogen-bond acceptors (Lipinski definition) is 3. The second kappa shape index (κ2) is 6.53. The van der Waals surface area contributed by atoms with Crippen molar-refractivity contribution in [3.05, 3.63) is 22.4 Å². The molecule has 1 aromatic heterocycles. The average Bonchev–Trinajstić information content (AvgIpc) is 2.83. The Balaban J connectivity index is 1.81. The molecule has 1 aliphatic heterocycles. The van der Waals surface area contributed by atoms with E-state index in [0.717, 1.165) is 6.54 Å². The zero-order chi connectivity index (χ0) is 12.1. The SMILES string of the molecule is CCCC1CN(CCc2ccsc2)C(C)CN1. The van der Waals surface area contributed by atoms with Gasteiger partial charge in [-0.1, -0.05) is 13.3 Å². The molecule has 0 bridgehead atoms. The highest BCUT2D eigenvalue weighted by Crippen LogP contribution is 2.13. The maximum Gasteiger partial charge on any atom is 0.0195 e. The molecule has 2 unspecified atom stereocenters. The van der Waals surface area contributed by atoms with Crippen LogP contribution in [0, 0.1) is 0 Å². The fourth-order valence-corrected chi connectivity index (χ4v) is 3.26. The zero-order valence-corrected chi connectivity index (χ0v) is 11.8. The second-order valence-corrected chi connectivity index (χ2v) is 5.90. The summed E-state index contributed by atoms with van der Waals surface area (Å²) in [6.45, 7) is 8.19. The second-order valence-electron chi connectivity index (χ2n) is 5.12. The zero-order valence-electron chi connectivity index (χ0n) is 11.0. The molecule has 0 radical (unpaired) electrons. The minimum absolute atomic E-state index is 0.682. The monoisotopic (exact) mass is 252 g/mol. The highest BCUT2D eigenvalue weighted by molar-refractivity contribution is 7.07. The van der Waals surface area contributed by atoms with Crippen LogP contribution in [0.5, 0.6) is 0 Å². The molecule has 0 aliphatic carbocycles. The van der Waals surface area contributed by atoms with E-state index < -0.39 is 0 Å². The third kappa shape index (κ3) is 3.80. The first-order valence-electron chi connectivity index (χ1n) is 6.78. The van der Waals surface area contributed by atoms with E-state index in [0.29, 0.717) is 12.1 Å². The van der Waals surface area contributed by atoms with E-state index in [9.17, 15) is 0 Å². The Morgan fingerprint density at radius 3 is 3.12 bits per heavy atom. The van der Waals surface area contributed by atoms with Gasteiger partial charge in [0.2, 0.25) is 0 Å². The van der Waals surface area contributed by atoms with E-state index in [2.05, 4.69) is 40.9 Å². The van der Waals surface area contributed by atoms with Crippen LogP contribution in [0.1, 0.15) is 32.3 Å². The van der Waals surface area contributed by atoms with Gasteiger partial charge < -0.3 is 5.32 Å². The van der Waals surface area contributed by atoms with Crippen molar-refractivity contribution in [2.45, 2.75) is 45.2 Å². The lowest BCUT2D eigenvalue weighted by Crippen LogP contribution is -2.55.